The number of amides is 2. The average Bonchev–Trinajstić information content (AvgIpc) is 2.92. The maximum atomic E-state index is 12.8. The summed E-state index contributed by atoms with van der Waals surface area (Å²) in [5.41, 5.74) is 11.0. The van der Waals surface area contributed by atoms with E-state index in [1.807, 2.05) is 54.6 Å². The predicted octanol–water partition coefficient (Wildman–Crippen LogP) is 4.94. The Morgan fingerprint density at radius 2 is 1.62 bits per heavy atom. The Hall–Kier alpha value is -4.17. The first kappa shape index (κ1) is 27.9. The van der Waals surface area contributed by atoms with Crippen LogP contribution in [-0.2, 0) is 33.7 Å². The van der Waals surface area contributed by atoms with Gasteiger partial charge in [-0.1, -0.05) is 54.6 Å². The molecule has 0 atom stereocenters. The Balaban J connectivity index is 1.50. The van der Waals surface area contributed by atoms with Crippen molar-refractivity contribution in [1.29, 1.82) is 0 Å². The van der Waals surface area contributed by atoms with Crippen molar-refractivity contribution in [3.63, 3.8) is 0 Å². The monoisotopic (exact) mass is 529 g/mol. The first-order chi connectivity index (χ1) is 18.8. The van der Waals surface area contributed by atoms with Gasteiger partial charge < -0.3 is 20.1 Å². The van der Waals surface area contributed by atoms with E-state index in [0.717, 1.165) is 48.2 Å². The third kappa shape index (κ3) is 7.91. The van der Waals surface area contributed by atoms with Gasteiger partial charge in [0, 0.05) is 36.7 Å². The second-order valence-electron chi connectivity index (χ2n) is 9.91. The number of nitrogens with zero attached hydrogens (tertiary/aromatic N) is 1. The van der Waals surface area contributed by atoms with Gasteiger partial charge in [0.2, 0.25) is 5.91 Å². The van der Waals surface area contributed by atoms with Gasteiger partial charge in [0.25, 0.3) is 0 Å². The molecule has 1 saturated heterocycles. The van der Waals surface area contributed by atoms with Crippen LogP contribution in [0.2, 0.25) is 0 Å². The molecule has 1 fully saturated rings. The van der Waals surface area contributed by atoms with E-state index in [0.29, 0.717) is 29.7 Å². The number of carbonyl (C=O) groups excluding carboxylic acids is 3. The molecule has 2 amide bonds. The lowest BCUT2D eigenvalue weighted by molar-refractivity contribution is -0.142. The number of nitrogens with one attached hydrogen (secondary N) is 1. The highest BCUT2D eigenvalue weighted by Gasteiger charge is 2.21. The van der Waals surface area contributed by atoms with Crippen molar-refractivity contribution < 1.29 is 23.9 Å². The van der Waals surface area contributed by atoms with Crippen molar-refractivity contribution in [2.24, 2.45) is 5.73 Å². The molecule has 8 nitrogen and oxygen atoms in total. The van der Waals surface area contributed by atoms with Crippen molar-refractivity contribution in [2.75, 3.05) is 25.5 Å². The molecule has 204 valence electrons. The minimum absolute atomic E-state index is 0.00246. The van der Waals surface area contributed by atoms with Crippen LogP contribution >= 0.6 is 0 Å². The predicted molar refractivity (Wildman–Crippen MR) is 150 cm³/mol. The lowest BCUT2D eigenvalue weighted by Gasteiger charge is -2.28. The van der Waals surface area contributed by atoms with E-state index in [4.69, 9.17) is 15.2 Å². The van der Waals surface area contributed by atoms with Gasteiger partial charge in [-0.2, -0.15) is 0 Å². The summed E-state index contributed by atoms with van der Waals surface area (Å²) >= 11 is 0. The minimum Gasteiger partial charge on any atom is -0.461 e. The van der Waals surface area contributed by atoms with Crippen LogP contribution in [-0.4, -0.2) is 49.1 Å². The molecule has 0 bridgehead atoms. The highest BCUT2D eigenvalue weighted by molar-refractivity contribution is 5.94. The third-order valence-corrected chi connectivity index (χ3v) is 6.92. The van der Waals surface area contributed by atoms with Crippen LogP contribution in [0.4, 0.5) is 10.5 Å². The number of piperidine rings is 1. The van der Waals surface area contributed by atoms with Gasteiger partial charge in [-0.05, 0) is 61.6 Å². The maximum absolute atomic E-state index is 12.8. The molecule has 1 aliphatic rings. The number of likely N-dealkylation sites (tertiary alicyclic amines) is 1. The highest BCUT2D eigenvalue weighted by Crippen LogP contribution is 2.30. The van der Waals surface area contributed by atoms with Gasteiger partial charge >= 0.3 is 12.1 Å². The Labute approximate surface area is 229 Å². The fraction of sp³-hybridized carbons (Fsp3) is 0.323. The van der Waals surface area contributed by atoms with E-state index in [1.165, 1.54) is 6.92 Å². The van der Waals surface area contributed by atoms with E-state index in [1.54, 1.807) is 12.1 Å². The Kier molecular flexibility index (Phi) is 9.33. The number of rotatable bonds is 9. The molecule has 3 aromatic rings. The molecule has 39 heavy (non-hydrogen) atoms. The first-order valence-corrected chi connectivity index (χ1v) is 13.2. The average molecular weight is 530 g/mol. The molecule has 8 heteroatoms. The lowest BCUT2D eigenvalue weighted by atomic mass is 9.96. The SMILES string of the molecule is CC(=O)OCc1ccc(CCc2ccc(-c3ccccc3)c(NC(=O)OC3CCN(C)CC3)c2)cc1C(N)=O. The molecule has 3 N–H and O–H groups in total. The molecule has 0 radical (unpaired) electrons. The summed E-state index contributed by atoms with van der Waals surface area (Å²) in [6, 6.07) is 21.3. The fourth-order valence-electron chi connectivity index (χ4n) is 4.72. The molecule has 1 aliphatic heterocycles. The highest BCUT2D eigenvalue weighted by atomic mass is 16.6. The zero-order valence-electron chi connectivity index (χ0n) is 22.4. The minimum atomic E-state index is -0.569. The number of nitrogens with two attached hydrogens (primary N) is 1. The molecule has 0 aromatic heterocycles. The molecule has 0 saturated carbocycles. The number of primary amides is 1. The van der Waals surface area contributed by atoms with Crippen molar-refractivity contribution >= 4 is 23.7 Å². The number of esters is 1. The maximum Gasteiger partial charge on any atom is 0.411 e. The van der Waals surface area contributed by atoms with Gasteiger partial charge in [-0.25, -0.2) is 4.79 Å². The van der Waals surface area contributed by atoms with Crippen LogP contribution in [0.15, 0.2) is 66.7 Å². The second kappa shape index (κ2) is 13.1. The zero-order chi connectivity index (χ0) is 27.8. The number of anilines is 1. The van der Waals surface area contributed by atoms with Crippen LogP contribution < -0.4 is 11.1 Å². The molecule has 3 aromatic carbocycles. The lowest BCUT2D eigenvalue weighted by Crippen LogP contribution is -2.36. The first-order valence-electron chi connectivity index (χ1n) is 13.2. The van der Waals surface area contributed by atoms with Gasteiger partial charge in [0.1, 0.15) is 12.7 Å². The molecule has 0 aliphatic carbocycles. The van der Waals surface area contributed by atoms with E-state index < -0.39 is 18.0 Å². The Morgan fingerprint density at radius 1 is 0.949 bits per heavy atom. The summed E-state index contributed by atoms with van der Waals surface area (Å²) in [5, 5.41) is 2.98. The molecular formula is C31H35N3O5. The van der Waals surface area contributed by atoms with Gasteiger partial charge in [0.05, 0.1) is 5.69 Å². The summed E-state index contributed by atoms with van der Waals surface area (Å²) in [6.45, 7) is 3.13. The normalized spacial score (nSPS) is 14.0. The van der Waals surface area contributed by atoms with Crippen molar-refractivity contribution in [2.45, 2.75) is 45.3 Å². The number of hydrogen-bond acceptors (Lipinski definition) is 6. The second-order valence-corrected chi connectivity index (χ2v) is 9.91. The van der Waals surface area contributed by atoms with Gasteiger partial charge in [-0.3, -0.25) is 14.9 Å². The standard InChI is InChI=1S/C31H35N3O5/c1-21(35)38-20-25-12-10-22(18-28(25)30(32)36)8-9-23-11-13-27(24-6-4-3-5-7-24)29(19-23)33-31(37)39-26-14-16-34(2)17-15-26/h3-7,10-13,18-19,26H,8-9,14-17,20H2,1-2H3,(H2,32,36)(H,33,37). The fourth-order valence-corrected chi connectivity index (χ4v) is 4.72. The van der Waals surface area contributed by atoms with E-state index in [2.05, 4.69) is 17.3 Å². The third-order valence-electron chi connectivity index (χ3n) is 6.92. The number of benzene rings is 3. The molecule has 0 spiro atoms. The summed E-state index contributed by atoms with van der Waals surface area (Å²) in [7, 11) is 2.07. The number of carbonyl (C=O) groups is 3. The number of aryl methyl sites for hydroxylation is 2. The van der Waals surface area contributed by atoms with Crippen LogP contribution in [0.25, 0.3) is 11.1 Å². The van der Waals surface area contributed by atoms with Crippen LogP contribution in [0.1, 0.15) is 46.8 Å². The number of hydrogen-bond donors (Lipinski definition) is 2. The van der Waals surface area contributed by atoms with E-state index in [-0.39, 0.29) is 12.7 Å². The summed E-state index contributed by atoms with van der Waals surface area (Å²) in [6.07, 6.45) is 2.43. The molecular weight excluding hydrogens is 494 g/mol. The largest absolute Gasteiger partial charge is 0.461 e. The smallest absolute Gasteiger partial charge is 0.411 e. The van der Waals surface area contributed by atoms with Gasteiger partial charge in [-0.15, -0.1) is 0 Å². The number of ether oxygens (including phenoxy) is 2. The summed E-state index contributed by atoms with van der Waals surface area (Å²) in [4.78, 5) is 38.2. The quantitative estimate of drug-likeness (QED) is 0.380. The van der Waals surface area contributed by atoms with Gasteiger partial charge in [0.15, 0.2) is 0 Å². The Bertz CT molecular complexity index is 1320. The topological polar surface area (TPSA) is 111 Å². The Morgan fingerprint density at radius 3 is 2.28 bits per heavy atom. The van der Waals surface area contributed by atoms with Crippen LogP contribution in [0.5, 0.6) is 0 Å². The van der Waals surface area contributed by atoms with Crippen molar-refractivity contribution in [1.82, 2.24) is 4.90 Å². The van der Waals surface area contributed by atoms with Crippen molar-refractivity contribution in [3.05, 3.63) is 89.0 Å². The van der Waals surface area contributed by atoms with E-state index in [9.17, 15) is 14.4 Å². The van der Waals surface area contributed by atoms with Crippen molar-refractivity contribution in [3.8, 4) is 11.1 Å². The van der Waals surface area contributed by atoms with E-state index >= 15 is 0 Å². The zero-order valence-corrected chi connectivity index (χ0v) is 22.4. The summed E-state index contributed by atoms with van der Waals surface area (Å²) < 4.78 is 10.8. The molecule has 0 unspecified atom stereocenters. The molecule has 4 rings (SSSR count). The molecule has 1 heterocycles. The van der Waals surface area contributed by atoms with Crippen LogP contribution in [0.3, 0.4) is 0 Å². The summed E-state index contributed by atoms with van der Waals surface area (Å²) in [5.74, 6) is -0.992. The van der Waals surface area contributed by atoms with Crippen LogP contribution in [0, 0.1) is 0 Å².